The second-order valence-electron chi connectivity index (χ2n) is 6.33. The Hall–Kier alpha value is -4.14. The van der Waals surface area contributed by atoms with Crippen molar-refractivity contribution in [3.05, 3.63) is 78.4 Å². The van der Waals surface area contributed by atoms with Crippen LogP contribution < -0.4 is 5.32 Å². The number of hydrogen-bond acceptors (Lipinski definition) is 6. The lowest BCUT2D eigenvalue weighted by molar-refractivity contribution is -0.117. The predicted octanol–water partition coefficient (Wildman–Crippen LogP) is 1.94. The van der Waals surface area contributed by atoms with Crippen LogP contribution in [0.2, 0.25) is 0 Å². The smallest absolute Gasteiger partial charge is 0.248 e. The van der Waals surface area contributed by atoms with Gasteiger partial charge in [0.15, 0.2) is 5.82 Å². The van der Waals surface area contributed by atoms with Crippen molar-refractivity contribution in [1.82, 2.24) is 29.8 Å². The number of aromatic nitrogens is 6. The Bertz CT molecular complexity index is 1150. The van der Waals surface area contributed by atoms with Gasteiger partial charge in [-0.15, -0.1) is 10.2 Å². The largest absolute Gasteiger partial charge is 0.331 e. The van der Waals surface area contributed by atoms with Crippen molar-refractivity contribution in [3.63, 3.8) is 0 Å². The van der Waals surface area contributed by atoms with Gasteiger partial charge in [-0.3, -0.25) is 9.59 Å². The molecule has 0 fully saturated rings. The van der Waals surface area contributed by atoms with Crippen LogP contribution in [0.1, 0.15) is 16.2 Å². The highest BCUT2D eigenvalue weighted by atomic mass is 16.2. The standard InChI is InChI=1S/C20H17N7O2/c1-26-12-11-21-20(26)18(29)14-7-9-16(10-8-14)22-17(28)13-27-24-19(23-25-27)15-5-3-2-4-6-15/h2-12H,13H2,1H3,(H,22,28). The predicted molar refractivity (Wildman–Crippen MR) is 105 cm³/mol. The first-order valence-electron chi connectivity index (χ1n) is 8.85. The number of tetrazole rings is 1. The van der Waals surface area contributed by atoms with Gasteiger partial charge < -0.3 is 9.88 Å². The van der Waals surface area contributed by atoms with Crippen LogP contribution in [0.4, 0.5) is 5.69 Å². The third-order valence-electron chi connectivity index (χ3n) is 4.22. The zero-order valence-electron chi connectivity index (χ0n) is 15.6. The summed E-state index contributed by atoms with van der Waals surface area (Å²) < 4.78 is 1.66. The summed E-state index contributed by atoms with van der Waals surface area (Å²) in [5.41, 5.74) is 1.88. The number of imidazole rings is 1. The molecule has 0 saturated carbocycles. The minimum atomic E-state index is -0.301. The van der Waals surface area contributed by atoms with Gasteiger partial charge in [0.05, 0.1) is 0 Å². The van der Waals surface area contributed by atoms with Crippen molar-refractivity contribution >= 4 is 17.4 Å². The summed E-state index contributed by atoms with van der Waals surface area (Å²) >= 11 is 0. The van der Waals surface area contributed by atoms with Gasteiger partial charge in [-0.25, -0.2) is 4.98 Å². The maximum Gasteiger partial charge on any atom is 0.248 e. The van der Waals surface area contributed by atoms with Gasteiger partial charge in [-0.2, -0.15) is 4.80 Å². The fourth-order valence-electron chi connectivity index (χ4n) is 2.76. The van der Waals surface area contributed by atoms with Gasteiger partial charge in [-0.1, -0.05) is 30.3 Å². The van der Waals surface area contributed by atoms with E-state index in [0.717, 1.165) is 5.56 Å². The van der Waals surface area contributed by atoms with E-state index >= 15 is 0 Å². The zero-order valence-corrected chi connectivity index (χ0v) is 15.6. The van der Waals surface area contributed by atoms with Gasteiger partial charge >= 0.3 is 0 Å². The molecule has 0 radical (unpaired) electrons. The number of ketones is 1. The Morgan fingerprint density at radius 2 is 1.79 bits per heavy atom. The summed E-state index contributed by atoms with van der Waals surface area (Å²) in [5.74, 6) is 0.324. The zero-order chi connectivity index (χ0) is 20.2. The summed E-state index contributed by atoms with van der Waals surface area (Å²) in [5, 5.41) is 14.8. The number of nitrogens with zero attached hydrogens (tertiary/aromatic N) is 6. The molecule has 0 spiro atoms. The fraction of sp³-hybridized carbons (Fsp3) is 0.100. The van der Waals surface area contributed by atoms with E-state index in [-0.39, 0.29) is 18.2 Å². The van der Waals surface area contributed by atoms with Gasteiger partial charge in [-0.05, 0) is 29.5 Å². The van der Waals surface area contributed by atoms with E-state index in [9.17, 15) is 9.59 Å². The average molecular weight is 387 g/mol. The molecule has 0 aliphatic heterocycles. The van der Waals surface area contributed by atoms with E-state index in [2.05, 4.69) is 25.7 Å². The normalized spacial score (nSPS) is 10.7. The number of rotatable bonds is 6. The summed E-state index contributed by atoms with van der Waals surface area (Å²) in [7, 11) is 1.76. The minimum absolute atomic E-state index is 0.0756. The van der Waals surface area contributed by atoms with E-state index in [4.69, 9.17) is 0 Å². The Balaban J connectivity index is 1.38. The second kappa shape index (κ2) is 7.85. The molecule has 2 aromatic carbocycles. The molecular weight excluding hydrogens is 370 g/mol. The van der Waals surface area contributed by atoms with Crippen LogP contribution in [0, 0.1) is 0 Å². The molecule has 2 aromatic heterocycles. The van der Waals surface area contributed by atoms with E-state index in [1.165, 1.54) is 4.80 Å². The quantitative estimate of drug-likeness (QED) is 0.507. The van der Waals surface area contributed by atoms with Crippen LogP contribution >= 0.6 is 0 Å². The van der Waals surface area contributed by atoms with Crippen LogP contribution in [0.25, 0.3) is 11.4 Å². The molecule has 0 aliphatic carbocycles. The summed E-state index contributed by atoms with van der Waals surface area (Å²) in [6.07, 6.45) is 3.28. The third kappa shape index (κ3) is 4.08. The molecule has 4 aromatic rings. The second-order valence-corrected chi connectivity index (χ2v) is 6.33. The van der Waals surface area contributed by atoms with E-state index in [1.807, 2.05) is 30.3 Å². The molecule has 29 heavy (non-hydrogen) atoms. The van der Waals surface area contributed by atoms with Crippen LogP contribution in [0.5, 0.6) is 0 Å². The first-order valence-corrected chi connectivity index (χ1v) is 8.85. The Morgan fingerprint density at radius 3 is 2.48 bits per heavy atom. The van der Waals surface area contributed by atoms with E-state index in [0.29, 0.717) is 22.9 Å². The lowest BCUT2D eigenvalue weighted by Crippen LogP contribution is -2.20. The van der Waals surface area contributed by atoms with Gasteiger partial charge in [0, 0.05) is 36.3 Å². The summed E-state index contributed by atoms with van der Waals surface area (Å²) in [6.45, 7) is -0.0756. The molecule has 9 heteroatoms. The number of hydrogen-bond donors (Lipinski definition) is 1. The number of carbonyl (C=O) groups excluding carboxylic acids is 2. The number of anilines is 1. The molecule has 4 rings (SSSR count). The molecular formula is C20H17N7O2. The van der Waals surface area contributed by atoms with Crippen LogP contribution in [-0.4, -0.2) is 41.4 Å². The highest BCUT2D eigenvalue weighted by Crippen LogP contribution is 2.14. The summed E-state index contributed by atoms with van der Waals surface area (Å²) in [4.78, 5) is 30.0. The van der Waals surface area contributed by atoms with Gasteiger partial charge in [0.25, 0.3) is 0 Å². The maximum atomic E-state index is 12.4. The molecule has 1 amide bonds. The number of nitrogens with one attached hydrogen (secondary N) is 1. The topological polar surface area (TPSA) is 108 Å². The highest BCUT2D eigenvalue weighted by molar-refractivity contribution is 6.07. The van der Waals surface area contributed by atoms with Crippen molar-refractivity contribution in [3.8, 4) is 11.4 Å². The van der Waals surface area contributed by atoms with Crippen LogP contribution in [-0.2, 0) is 18.4 Å². The Labute approximate surface area is 166 Å². The van der Waals surface area contributed by atoms with Gasteiger partial charge in [0.2, 0.25) is 17.5 Å². The number of carbonyl (C=O) groups is 2. The molecule has 2 heterocycles. The van der Waals surface area contributed by atoms with Crippen molar-refractivity contribution < 1.29 is 9.59 Å². The van der Waals surface area contributed by atoms with Crippen molar-refractivity contribution in [2.24, 2.45) is 7.05 Å². The lowest BCUT2D eigenvalue weighted by atomic mass is 10.1. The first kappa shape index (κ1) is 18.2. The molecule has 0 unspecified atom stereocenters. The van der Waals surface area contributed by atoms with Gasteiger partial charge in [0.1, 0.15) is 6.54 Å². The monoisotopic (exact) mass is 387 g/mol. The van der Waals surface area contributed by atoms with Crippen LogP contribution in [0.15, 0.2) is 67.0 Å². The molecule has 0 aliphatic rings. The molecule has 0 saturated heterocycles. The van der Waals surface area contributed by atoms with Crippen molar-refractivity contribution in [2.75, 3.05) is 5.32 Å². The highest BCUT2D eigenvalue weighted by Gasteiger charge is 2.14. The van der Waals surface area contributed by atoms with Crippen LogP contribution in [0.3, 0.4) is 0 Å². The van der Waals surface area contributed by atoms with Crippen molar-refractivity contribution in [2.45, 2.75) is 6.54 Å². The number of amides is 1. The van der Waals surface area contributed by atoms with E-state index < -0.39 is 0 Å². The van der Waals surface area contributed by atoms with Crippen molar-refractivity contribution in [1.29, 1.82) is 0 Å². The molecule has 9 nitrogen and oxygen atoms in total. The third-order valence-corrected chi connectivity index (χ3v) is 4.22. The molecule has 1 N–H and O–H groups in total. The SMILES string of the molecule is Cn1ccnc1C(=O)c1ccc(NC(=O)Cn2nnc(-c3ccccc3)n2)cc1. The fourth-order valence-corrected chi connectivity index (χ4v) is 2.76. The number of benzene rings is 2. The minimum Gasteiger partial charge on any atom is -0.331 e. The lowest BCUT2D eigenvalue weighted by Gasteiger charge is -2.06. The van der Waals surface area contributed by atoms with E-state index in [1.54, 1.807) is 48.3 Å². The summed E-state index contributed by atoms with van der Waals surface area (Å²) in [6, 6.07) is 16.0. The Kier molecular flexibility index (Phi) is 4.93. The maximum absolute atomic E-state index is 12.4. The Morgan fingerprint density at radius 1 is 1.03 bits per heavy atom. The molecule has 0 atom stereocenters. The first-order chi connectivity index (χ1) is 14.1. The molecule has 144 valence electrons. The average Bonchev–Trinajstić information content (AvgIpc) is 3.37. The molecule has 0 bridgehead atoms. The number of aryl methyl sites for hydroxylation is 1.